The number of rotatable bonds is 8. The Bertz CT molecular complexity index is 1160. The fraction of sp³-hybridized carbons (Fsp3) is 0.367. The maximum atomic E-state index is 12.2. The van der Waals surface area contributed by atoms with E-state index >= 15 is 0 Å². The monoisotopic (exact) mass is 472 g/mol. The van der Waals surface area contributed by atoms with E-state index in [-0.39, 0.29) is 11.8 Å². The summed E-state index contributed by atoms with van der Waals surface area (Å²) < 4.78 is 11.0. The lowest BCUT2D eigenvalue weighted by Gasteiger charge is -2.47. The molecule has 35 heavy (non-hydrogen) atoms. The Hall–Kier alpha value is -3.15. The molecule has 3 aromatic carbocycles. The zero-order valence-electron chi connectivity index (χ0n) is 21.4. The van der Waals surface area contributed by atoms with Crippen molar-refractivity contribution in [1.82, 2.24) is 9.80 Å². The molecule has 1 aliphatic heterocycles. The van der Waals surface area contributed by atoms with E-state index in [9.17, 15) is 4.79 Å². The number of ether oxygens (including phenoxy) is 2. The van der Waals surface area contributed by atoms with Gasteiger partial charge in [0.1, 0.15) is 11.5 Å². The van der Waals surface area contributed by atoms with E-state index in [1.165, 1.54) is 11.1 Å². The predicted octanol–water partition coefficient (Wildman–Crippen LogP) is 5.59. The van der Waals surface area contributed by atoms with E-state index in [0.717, 1.165) is 42.3 Å². The smallest absolute Gasteiger partial charge is 0.159 e. The molecule has 0 aliphatic carbocycles. The van der Waals surface area contributed by atoms with Gasteiger partial charge >= 0.3 is 0 Å². The van der Waals surface area contributed by atoms with Crippen molar-refractivity contribution in [3.8, 4) is 11.5 Å². The van der Waals surface area contributed by atoms with Crippen molar-refractivity contribution in [2.75, 3.05) is 27.3 Å². The van der Waals surface area contributed by atoms with E-state index < -0.39 is 0 Å². The molecule has 1 heterocycles. The second-order valence-electron chi connectivity index (χ2n) is 9.54. The minimum atomic E-state index is 0.0285. The van der Waals surface area contributed by atoms with Crippen LogP contribution in [0.4, 0.5) is 0 Å². The summed E-state index contributed by atoms with van der Waals surface area (Å²) >= 11 is 0. The predicted molar refractivity (Wildman–Crippen MR) is 140 cm³/mol. The second-order valence-corrected chi connectivity index (χ2v) is 9.54. The van der Waals surface area contributed by atoms with Gasteiger partial charge in [0.15, 0.2) is 5.78 Å². The van der Waals surface area contributed by atoms with Gasteiger partial charge in [0.05, 0.1) is 20.3 Å². The number of benzene rings is 3. The molecule has 0 aromatic heterocycles. The highest BCUT2D eigenvalue weighted by molar-refractivity contribution is 5.94. The third kappa shape index (κ3) is 5.75. The van der Waals surface area contributed by atoms with Crippen molar-refractivity contribution >= 4 is 5.78 Å². The fourth-order valence-corrected chi connectivity index (χ4v) is 5.13. The van der Waals surface area contributed by atoms with Gasteiger partial charge in [0.2, 0.25) is 0 Å². The highest BCUT2D eigenvalue weighted by Gasteiger charge is 2.35. The Labute approximate surface area is 209 Å². The van der Waals surface area contributed by atoms with Crippen LogP contribution in [0, 0.1) is 0 Å². The van der Waals surface area contributed by atoms with E-state index in [4.69, 9.17) is 9.47 Å². The van der Waals surface area contributed by atoms with Gasteiger partial charge in [0, 0.05) is 37.3 Å². The number of ketones is 1. The third-order valence-electron chi connectivity index (χ3n) is 7.03. The van der Waals surface area contributed by atoms with Gasteiger partial charge in [-0.25, -0.2) is 0 Å². The molecule has 1 aliphatic rings. The molecule has 5 heteroatoms. The lowest BCUT2D eigenvalue weighted by molar-refractivity contribution is 0.0194. The normalized spacial score (nSPS) is 19.8. The number of carbonyl (C=O) groups excluding carboxylic acids is 1. The molecular formula is C30H36N2O3. The zero-order chi connectivity index (χ0) is 24.9. The molecule has 0 saturated carbocycles. The van der Waals surface area contributed by atoms with Crippen molar-refractivity contribution < 1.29 is 14.3 Å². The van der Waals surface area contributed by atoms with Crippen molar-refractivity contribution in [2.45, 2.75) is 45.4 Å². The van der Waals surface area contributed by atoms with Crippen LogP contribution in [-0.4, -0.2) is 55.0 Å². The van der Waals surface area contributed by atoms with Crippen molar-refractivity contribution in [1.29, 1.82) is 0 Å². The Morgan fingerprint density at radius 2 is 1.49 bits per heavy atom. The summed E-state index contributed by atoms with van der Waals surface area (Å²) in [6, 6.07) is 25.4. The summed E-state index contributed by atoms with van der Waals surface area (Å²) in [6.07, 6.45) is 0. The van der Waals surface area contributed by atoms with Gasteiger partial charge in [-0.1, -0.05) is 42.5 Å². The van der Waals surface area contributed by atoms with E-state index in [2.05, 4.69) is 60.0 Å². The maximum Gasteiger partial charge on any atom is 0.159 e. The van der Waals surface area contributed by atoms with Gasteiger partial charge in [-0.3, -0.25) is 14.6 Å². The summed E-state index contributed by atoms with van der Waals surface area (Å²) in [5.74, 6) is 1.82. The molecule has 3 aromatic rings. The number of hydrogen-bond donors (Lipinski definition) is 0. The second kappa shape index (κ2) is 11.1. The molecule has 1 fully saturated rings. The maximum absolute atomic E-state index is 12.2. The van der Waals surface area contributed by atoms with Gasteiger partial charge in [0.25, 0.3) is 0 Å². The van der Waals surface area contributed by atoms with Crippen LogP contribution in [-0.2, 0) is 6.54 Å². The SMILES string of the molecule is COc1cccc(CN2C[C@H](C)N(C(c3cccc(OC)c3)c3cccc(C(C)=O)c3)C[C@H]2C)c1. The van der Waals surface area contributed by atoms with Crippen LogP contribution < -0.4 is 9.47 Å². The van der Waals surface area contributed by atoms with Gasteiger partial charge in [-0.05, 0) is 67.8 Å². The number of methoxy groups -OCH3 is 2. The lowest BCUT2D eigenvalue weighted by Crippen LogP contribution is -2.56. The van der Waals surface area contributed by atoms with Crippen LogP contribution >= 0.6 is 0 Å². The fourth-order valence-electron chi connectivity index (χ4n) is 5.13. The zero-order valence-corrected chi connectivity index (χ0v) is 21.4. The van der Waals surface area contributed by atoms with Crippen LogP contribution in [0.1, 0.15) is 53.9 Å². The topological polar surface area (TPSA) is 42.0 Å². The van der Waals surface area contributed by atoms with Crippen LogP contribution in [0.15, 0.2) is 72.8 Å². The van der Waals surface area contributed by atoms with Gasteiger partial charge in [-0.2, -0.15) is 0 Å². The average molecular weight is 473 g/mol. The molecule has 5 nitrogen and oxygen atoms in total. The van der Waals surface area contributed by atoms with E-state index in [0.29, 0.717) is 12.1 Å². The van der Waals surface area contributed by atoms with E-state index in [1.54, 1.807) is 21.1 Å². The molecule has 3 atom stereocenters. The minimum Gasteiger partial charge on any atom is -0.497 e. The molecule has 1 saturated heterocycles. The number of Topliss-reactive ketones (excluding diaryl/α,β-unsaturated/α-hetero) is 1. The molecule has 184 valence electrons. The standard InChI is InChI=1S/C30H36N2O3/c1-21-19-32(22(2)18-31(21)20-24-9-6-13-28(15-24)34-4)30(27-12-8-14-29(17-27)35-5)26-11-7-10-25(16-26)23(3)33/h6-17,21-22,30H,18-20H2,1-5H3/t21-,22+,30?/m1/s1. The molecule has 4 rings (SSSR count). The van der Waals surface area contributed by atoms with Crippen molar-refractivity contribution in [3.63, 3.8) is 0 Å². The Morgan fingerprint density at radius 3 is 2.17 bits per heavy atom. The Balaban J connectivity index is 1.65. The van der Waals surface area contributed by atoms with Gasteiger partial charge < -0.3 is 9.47 Å². The Kier molecular flexibility index (Phi) is 7.89. The van der Waals surface area contributed by atoms with Crippen molar-refractivity contribution in [3.05, 3.63) is 95.1 Å². The molecule has 0 radical (unpaired) electrons. The Morgan fingerprint density at radius 1 is 0.857 bits per heavy atom. The number of nitrogens with zero attached hydrogens (tertiary/aromatic N) is 2. The first-order chi connectivity index (χ1) is 16.9. The van der Waals surface area contributed by atoms with E-state index in [1.807, 2.05) is 36.4 Å². The number of piperazine rings is 1. The van der Waals surface area contributed by atoms with Crippen LogP contribution in [0.5, 0.6) is 11.5 Å². The number of hydrogen-bond acceptors (Lipinski definition) is 5. The highest BCUT2D eigenvalue weighted by Crippen LogP contribution is 2.35. The van der Waals surface area contributed by atoms with Crippen molar-refractivity contribution in [2.24, 2.45) is 0 Å². The molecule has 0 spiro atoms. The van der Waals surface area contributed by atoms with Gasteiger partial charge in [-0.15, -0.1) is 0 Å². The highest BCUT2D eigenvalue weighted by atomic mass is 16.5. The molecule has 1 unspecified atom stereocenters. The summed E-state index contributed by atoms with van der Waals surface area (Å²) in [4.78, 5) is 17.3. The summed E-state index contributed by atoms with van der Waals surface area (Å²) in [5, 5.41) is 0. The first kappa shape index (κ1) is 25.0. The lowest BCUT2D eigenvalue weighted by atomic mass is 9.92. The summed E-state index contributed by atoms with van der Waals surface area (Å²) in [7, 11) is 3.41. The van der Waals surface area contributed by atoms with Crippen LogP contribution in [0.2, 0.25) is 0 Å². The molecule has 0 amide bonds. The average Bonchev–Trinajstić information content (AvgIpc) is 2.87. The van der Waals surface area contributed by atoms with Crippen LogP contribution in [0.3, 0.4) is 0 Å². The molecular weight excluding hydrogens is 436 g/mol. The molecule has 0 N–H and O–H groups in total. The number of carbonyl (C=O) groups is 1. The van der Waals surface area contributed by atoms with Crippen LogP contribution in [0.25, 0.3) is 0 Å². The largest absolute Gasteiger partial charge is 0.497 e. The summed E-state index contributed by atoms with van der Waals surface area (Å²) in [5.41, 5.74) is 4.31. The summed E-state index contributed by atoms with van der Waals surface area (Å²) in [6.45, 7) is 8.98. The quantitative estimate of drug-likeness (QED) is 0.400. The third-order valence-corrected chi connectivity index (χ3v) is 7.03. The first-order valence-electron chi connectivity index (χ1n) is 12.3. The minimum absolute atomic E-state index is 0.0285. The molecule has 0 bridgehead atoms. The first-order valence-corrected chi connectivity index (χ1v) is 12.3.